The average molecular weight is 289 g/mol. The first-order valence-electron chi connectivity index (χ1n) is 7.00. The number of hydrogen-bond acceptors (Lipinski definition) is 5. The number of ether oxygens (including phenoxy) is 3. The summed E-state index contributed by atoms with van der Waals surface area (Å²) in [7, 11) is 1.63. The minimum atomic E-state index is 0.162. The standard InChI is InChI=1S/C15H19N3O3/c1-19-15-11(12-9-14(16)18-17-12)3-2-4-13(15)21-10-5-7-20-8-6-10/h2-4,9-10H,5-8H2,1H3,(H3,16,17,18). The van der Waals surface area contributed by atoms with Crippen LogP contribution < -0.4 is 15.2 Å². The number of para-hydroxylation sites is 1. The molecular weight excluding hydrogens is 270 g/mol. The second-order valence-electron chi connectivity index (χ2n) is 4.97. The number of rotatable bonds is 4. The quantitative estimate of drug-likeness (QED) is 0.902. The first kappa shape index (κ1) is 13.8. The molecule has 6 heteroatoms. The molecule has 0 unspecified atom stereocenters. The van der Waals surface area contributed by atoms with Gasteiger partial charge in [0.2, 0.25) is 0 Å². The Hall–Kier alpha value is -2.21. The molecule has 1 fully saturated rings. The zero-order valence-corrected chi connectivity index (χ0v) is 12.0. The summed E-state index contributed by atoms with van der Waals surface area (Å²) >= 11 is 0. The van der Waals surface area contributed by atoms with E-state index in [1.807, 2.05) is 18.2 Å². The van der Waals surface area contributed by atoms with E-state index in [1.54, 1.807) is 13.2 Å². The Bertz CT molecular complexity index is 606. The highest BCUT2D eigenvalue weighted by molar-refractivity contribution is 5.72. The van der Waals surface area contributed by atoms with Crippen molar-refractivity contribution in [2.45, 2.75) is 18.9 Å². The number of H-pyrrole nitrogens is 1. The predicted octanol–water partition coefficient (Wildman–Crippen LogP) is 2.23. The van der Waals surface area contributed by atoms with Crippen molar-refractivity contribution in [1.29, 1.82) is 0 Å². The van der Waals surface area contributed by atoms with Crippen molar-refractivity contribution in [3.8, 4) is 22.8 Å². The first-order chi connectivity index (χ1) is 10.3. The Morgan fingerprint density at radius 3 is 2.81 bits per heavy atom. The number of benzene rings is 1. The number of nitrogens with two attached hydrogens (primary N) is 1. The van der Waals surface area contributed by atoms with Gasteiger partial charge in [0.05, 0.1) is 26.0 Å². The van der Waals surface area contributed by atoms with E-state index in [9.17, 15) is 0 Å². The molecule has 2 aromatic rings. The fourth-order valence-electron chi connectivity index (χ4n) is 2.48. The van der Waals surface area contributed by atoms with Crippen molar-refractivity contribution >= 4 is 5.82 Å². The maximum absolute atomic E-state index is 6.08. The maximum Gasteiger partial charge on any atom is 0.170 e. The van der Waals surface area contributed by atoms with E-state index in [1.165, 1.54) is 0 Å². The Morgan fingerprint density at radius 2 is 2.14 bits per heavy atom. The highest BCUT2D eigenvalue weighted by atomic mass is 16.5. The second kappa shape index (κ2) is 6.05. The lowest BCUT2D eigenvalue weighted by Gasteiger charge is -2.24. The van der Waals surface area contributed by atoms with Crippen LogP contribution in [0.1, 0.15) is 12.8 Å². The van der Waals surface area contributed by atoms with Crippen LogP contribution in [0.2, 0.25) is 0 Å². The summed E-state index contributed by atoms with van der Waals surface area (Å²) in [6, 6.07) is 7.57. The monoisotopic (exact) mass is 289 g/mol. The third-order valence-electron chi connectivity index (χ3n) is 3.53. The van der Waals surface area contributed by atoms with E-state index < -0.39 is 0 Å². The number of nitrogens with zero attached hydrogens (tertiary/aromatic N) is 1. The summed E-state index contributed by atoms with van der Waals surface area (Å²) in [5.74, 6) is 1.87. The average Bonchev–Trinajstić information content (AvgIpc) is 2.94. The van der Waals surface area contributed by atoms with Crippen LogP contribution in [0, 0.1) is 0 Å². The molecule has 21 heavy (non-hydrogen) atoms. The number of nitrogen functional groups attached to an aromatic ring is 1. The molecule has 1 saturated heterocycles. The van der Waals surface area contributed by atoms with Gasteiger partial charge in [-0.15, -0.1) is 0 Å². The molecule has 2 heterocycles. The Balaban J connectivity index is 1.90. The van der Waals surface area contributed by atoms with Gasteiger partial charge in [0.15, 0.2) is 11.5 Å². The van der Waals surface area contributed by atoms with Gasteiger partial charge in [0.25, 0.3) is 0 Å². The van der Waals surface area contributed by atoms with Crippen molar-refractivity contribution in [3.63, 3.8) is 0 Å². The number of hydrogen-bond donors (Lipinski definition) is 2. The molecule has 6 nitrogen and oxygen atoms in total. The molecule has 0 amide bonds. The molecular formula is C15H19N3O3. The van der Waals surface area contributed by atoms with Crippen LogP contribution in [-0.2, 0) is 4.74 Å². The summed E-state index contributed by atoms with van der Waals surface area (Å²) in [5, 5.41) is 6.85. The minimum Gasteiger partial charge on any atom is -0.492 e. The van der Waals surface area contributed by atoms with E-state index in [0.29, 0.717) is 11.6 Å². The van der Waals surface area contributed by atoms with Crippen molar-refractivity contribution < 1.29 is 14.2 Å². The van der Waals surface area contributed by atoms with Gasteiger partial charge in [-0.3, -0.25) is 5.10 Å². The lowest BCUT2D eigenvalue weighted by molar-refractivity contribution is 0.0246. The van der Waals surface area contributed by atoms with Gasteiger partial charge in [-0.2, -0.15) is 5.10 Å². The van der Waals surface area contributed by atoms with Gasteiger partial charge in [-0.25, -0.2) is 0 Å². The van der Waals surface area contributed by atoms with E-state index in [2.05, 4.69) is 10.2 Å². The molecule has 3 N–H and O–H groups in total. The molecule has 0 bridgehead atoms. The van der Waals surface area contributed by atoms with Gasteiger partial charge < -0.3 is 19.9 Å². The van der Waals surface area contributed by atoms with E-state index >= 15 is 0 Å². The number of aromatic nitrogens is 2. The summed E-state index contributed by atoms with van der Waals surface area (Å²) in [4.78, 5) is 0. The Kier molecular flexibility index (Phi) is 3.96. The molecule has 112 valence electrons. The van der Waals surface area contributed by atoms with Crippen LogP contribution in [0.15, 0.2) is 24.3 Å². The smallest absolute Gasteiger partial charge is 0.170 e. The lowest BCUT2D eigenvalue weighted by atomic mass is 10.1. The number of aromatic amines is 1. The third kappa shape index (κ3) is 2.95. The molecule has 0 aliphatic carbocycles. The SMILES string of the molecule is COc1c(OC2CCOCC2)cccc1-c1cc(N)n[nH]1. The van der Waals surface area contributed by atoms with Crippen molar-refractivity contribution in [1.82, 2.24) is 10.2 Å². The van der Waals surface area contributed by atoms with Gasteiger partial charge in [-0.05, 0) is 12.1 Å². The van der Waals surface area contributed by atoms with Crippen LogP contribution >= 0.6 is 0 Å². The van der Waals surface area contributed by atoms with E-state index in [-0.39, 0.29) is 6.10 Å². The maximum atomic E-state index is 6.08. The summed E-state index contributed by atoms with van der Waals surface area (Å²) < 4.78 is 17.0. The predicted molar refractivity (Wildman–Crippen MR) is 79.5 cm³/mol. The molecule has 0 atom stereocenters. The van der Waals surface area contributed by atoms with Gasteiger partial charge in [-0.1, -0.05) is 6.07 Å². The van der Waals surface area contributed by atoms with Crippen molar-refractivity contribution in [2.24, 2.45) is 0 Å². The third-order valence-corrected chi connectivity index (χ3v) is 3.53. The molecule has 1 aliphatic heterocycles. The molecule has 0 saturated carbocycles. The van der Waals surface area contributed by atoms with Gasteiger partial charge in [0, 0.05) is 24.5 Å². The molecule has 0 spiro atoms. The van der Waals surface area contributed by atoms with Gasteiger partial charge >= 0.3 is 0 Å². The summed E-state index contributed by atoms with van der Waals surface area (Å²) in [5.41, 5.74) is 7.35. The van der Waals surface area contributed by atoms with E-state index in [0.717, 1.165) is 43.1 Å². The Morgan fingerprint density at radius 1 is 1.33 bits per heavy atom. The van der Waals surface area contributed by atoms with Crippen LogP contribution in [-0.4, -0.2) is 36.6 Å². The first-order valence-corrected chi connectivity index (χ1v) is 7.00. The number of nitrogens with one attached hydrogen (secondary N) is 1. The topological polar surface area (TPSA) is 82.4 Å². The fourth-order valence-corrected chi connectivity index (χ4v) is 2.48. The molecule has 1 aromatic heterocycles. The van der Waals surface area contributed by atoms with Crippen LogP contribution in [0.25, 0.3) is 11.3 Å². The van der Waals surface area contributed by atoms with Gasteiger partial charge in [0.1, 0.15) is 11.9 Å². The van der Waals surface area contributed by atoms with E-state index in [4.69, 9.17) is 19.9 Å². The molecule has 1 aromatic carbocycles. The van der Waals surface area contributed by atoms with Crippen molar-refractivity contribution in [3.05, 3.63) is 24.3 Å². The second-order valence-corrected chi connectivity index (χ2v) is 4.97. The van der Waals surface area contributed by atoms with Crippen LogP contribution in [0.3, 0.4) is 0 Å². The summed E-state index contributed by atoms with van der Waals surface area (Å²) in [6.45, 7) is 1.48. The number of methoxy groups -OCH3 is 1. The summed E-state index contributed by atoms with van der Waals surface area (Å²) in [6.07, 6.45) is 1.95. The van der Waals surface area contributed by atoms with Crippen LogP contribution in [0.4, 0.5) is 5.82 Å². The number of anilines is 1. The molecule has 3 rings (SSSR count). The zero-order chi connectivity index (χ0) is 14.7. The fraction of sp³-hybridized carbons (Fsp3) is 0.400. The highest BCUT2D eigenvalue weighted by Gasteiger charge is 2.19. The highest BCUT2D eigenvalue weighted by Crippen LogP contribution is 2.38. The van der Waals surface area contributed by atoms with Crippen LogP contribution in [0.5, 0.6) is 11.5 Å². The van der Waals surface area contributed by atoms with Crippen molar-refractivity contribution in [2.75, 3.05) is 26.1 Å². The molecule has 1 aliphatic rings. The normalized spacial score (nSPS) is 15.9. The zero-order valence-electron chi connectivity index (χ0n) is 12.0. The molecule has 0 radical (unpaired) electrons. The lowest BCUT2D eigenvalue weighted by Crippen LogP contribution is -2.26. The largest absolute Gasteiger partial charge is 0.492 e. The minimum absolute atomic E-state index is 0.162. The Labute approximate surface area is 123 Å².